The lowest BCUT2D eigenvalue weighted by molar-refractivity contribution is 0.0697. The van der Waals surface area contributed by atoms with Crippen LogP contribution in [0.4, 0.5) is 0 Å². The summed E-state index contributed by atoms with van der Waals surface area (Å²) in [4.78, 5) is 16.5. The van der Waals surface area contributed by atoms with Crippen LogP contribution in [-0.2, 0) is 5.75 Å². The molecule has 0 aliphatic rings. The zero-order valence-electron chi connectivity index (χ0n) is 11.5. The van der Waals surface area contributed by atoms with Crippen LogP contribution >= 0.6 is 11.8 Å². The summed E-state index contributed by atoms with van der Waals surface area (Å²) in [5, 5.41) is 8.87. The van der Waals surface area contributed by atoms with Gasteiger partial charge in [0.25, 0.3) is 0 Å². The molecule has 1 aromatic carbocycles. The molecule has 0 bridgehead atoms. The molecular formula is C16H14N2O2S. The molecule has 0 amide bonds. The lowest BCUT2D eigenvalue weighted by Crippen LogP contribution is -1.94. The van der Waals surface area contributed by atoms with Crippen molar-refractivity contribution in [1.82, 2.24) is 9.38 Å². The smallest absolute Gasteiger partial charge is 0.335 e. The van der Waals surface area contributed by atoms with E-state index in [0.717, 1.165) is 27.6 Å². The maximum atomic E-state index is 10.8. The van der Waals surface area contributed by atoms with Crippen molar-refractivity contribution in [3.8, 4) is 0 Å². The number of fused-ring (bicyclic) bond motifs is 1. The lowest BCUT2D eigenvalue weighted by atomic mass is 10.2. The molecule has 4 nitrogen and oxygen atoms in total. The molecule has 0 radical (unpaired) electrons. The molecule has 2 heterocycles. The molecule has 1 N–H and O–H groups in total. The van der Waals surface area contributed by atoms with Crippen molar-refractivity contribution in [2.75, 3.05) is 0 Å². The quantitative estimate of drug-likeness (QED) is 0.747. The van der Waals surface area contributed by atoms with Crippen LogP contribution in [0.3, 0.4) is 0 Å². The molecule has 0 saturated heterocycles. The molecule has 5 heteroatoms. The Hall–Kier alpha value is -2.27. The highest BCUT2D eigenvalue weighted by molar-refractivity contribution is 7.98. The fraction of sp³-hybridized carbons (Fsp3) is 0.125. The number of rotatable bonds is 4. The molecule has 106 valence electrons. The van der Waals surface area contributed by atoms with Crippen LogP contribution in [-0.4, -0.2) is 20.5 Å². The van der Waals surface area contributed by atoms with Gasteiger partial charge in [-0.15, -0.1) is 11.8 Å². The van der Waals surface area contributed by atoms with Gasteiger partial charge in [0.15, 0.2) is 0 Å². The van der Waals surface area contributed by atoms with Crippen LogP contribution < -0.4 is 0 Å². The molecule has 2 aromatic heterocycles. The van der Waals surface area contributed by atoms with Crippen molar-refractivity contribution in [1.29, 1.82) is 0 Å². The summed E-state index contributed by atoms with van der Waals surface area (Å²) >= 11 is 1.65. The molecule has 0 saturated carbocycles. The van der Waals surface area contributed by atoms with Gasteiger partial charge in [0.2, 0.25) is 0 Å². The fourth-order valence-corrected chi connectivity index (χ4v) is 2.91. The van der Waals surface area contributed by atoms with Gasteiger partial charge in [-0.05, 0) is 42.8 Å². The van der Waals surface area contributed by atoms with E-state index in [1.54, 1.807) is 23.9 Å². The Kier molecular flexibility index (Phi) is 3.66. The predicted octanol–water partition coefficient (Wildman–Crippen LogP) is 3.63. The van der Waals surface area contributed by atoms with Crippen LogP contribution in [0.5, 0.6) is 0 Å². The molecule has 21 heavy (non-hydrogen) atoms. The van der Waals surface area contributed by atoms with Gasteiger partial charge in [0.1, 0.15) is 5.65 Å². The van der Waals surface area contributed by atoms with Crippen molar-refractivity contribution in [2.24, 2.45) is 0 Å². The third-order valence-corrected chi connectivity index (χ3v) is 4.26. The van der Waals surface area contributed by atoms with E-state index in [1.807, 2.05) is 48.0 Å². The number of imidazole rings is 1. The van der Waals surface area contributed by atoms with E-state index in [0.29, 0.717) is 5.56 Å². The minimum Gasteiger partial charge on any atom is -0.478 e. The Bertz CT molecular complexity index is 794. The molecule has 0 spiro atoms. The SMILES string of the molecule is Cc1cccn2cc(CSc3ccc(C(=O)O)cc3)nc12. The first-order valence-corrected chi connectivity index (χ1v) is 7.51. The molecule has 0 aliphatic carbocycles. The van der Waals surface area contributed by atoms with E-state index in [-0.39, 0.29) is 0 Å². The van der Waals surface area contributed by atoms with E-state index in [2.05, 4.69) is 4.98 Å². The van der Waals surface area contributed by atoms with Gasteiger partial charge in [-0.2, -0.15) is 0 Å². The third-order valence-electron chi connectivity index (χ3n) is 3.22. The summed E-state index contributed by atoms with van der Waals surface area (Å²) in [6.45, 7) is 2.05. The summed E-state index contributed by atoms with van der Waals surface area (Å²) in [6.07, 6.45) is 4.02. The number of hydrogen-bond donors (Lipinski definition) is 1. The van der Waals surface area contributed by atoms with Crippen LogP contribution in [0.1, 0.15) is 21.6 Å². The molecule has 0 aliphatic heterocycles. The Morgan fingerprint density at radius 2 is 2.05 bits per heavy atom. The highest BCUT2D eigenvalue weighted by atomic mass is 32.2. The van der Waals surface area contributed by atoms with Gasteiger partial charge in [0.05, 0.1) is 11.3 Å². The number of nitrogens with zero attached hydrogens (tertiary/aromatic N) is 2. The van der Waals surface area contributed by atoms with Crippen LogP contribution in [0.25, 0.3) is 5.65 Å². The zero-order valence-corrected chi connectivity index (χ0v) is 12.3. The molecule has 0 atom stereocenters. The van der Waals surface area contributed by atoms with Crippen molar-refractivity contribution in [2.45, 2.75) is 17.6 Å². The number of aromatic nitrogens is 2. The Morgan fingerprint density at radius 3 is 2.71 bits per heavy atom. The normalized spacial score (nSPS) is 10.9. The second-order valence-corrected chi connectivity index (χ2v) is 5.82. The minimum atomic E-state index is -0.901. The Balaban J connectivity index is 1.74. The van der Waals surface area contributed by atoms with Crippen molar-refractivity contribution in [3.05, 3.63) is 65.6 Å². The Morgan fingerprint density at radius 1 is 1.29 bits per heavy atom. The first kappa shape index (κ1) is 13.7. The molecular weight excluding hydrogens is 284 g/mol. The second kappa shape index (κ2) is 5.61. The Labute approximate surface area is 126 Å². The maximum Gasteiger partial charge on any atom is 0.335 e. The standard InChI is InChI=1S/C16H14N2O2S/c1-11-3-2-8-18-9-13(17-15(11)18)10-21-14-6-4-12(5-7-14)16(19)20/h2-9H,10H2,1H3,(H,19,20). The largest absolute Gasteiger partial charge is 0.478 e. The fourth-order valence-electron chi connectivity index (χ4n) is 2.12. The van der Waals surface area contributed by atoms with E-state index < -0.39 is 5.97 Å². The number of carboxylic acids is 1. The summed E-state index contributed by atoms with van der Waals surface area (Å²) < 4.78 is 2.03. The van der Waals surface area contributed by atoms with E-state index in [9.17, 15) is 4.79 Å². The summed E-state index contributed by atoms with van der Waals surface area (Å²) in [5.74, 6) is -0.143. The number of pyridine rings is 1. The number of thioether (sulfide) groups is 1. The van der Waals surface area contributed by atoms with Gasteiger partial charge < -0.3 is 9.51 Å². The third kappa shape index (κ3) is 2.92. The van der Waals surface area contributed by atoms with Crippen LogP contribution in [0, 0.1) is 6.92 Å². The highest BCUT2D eigenvalue weighted by Crippen LogP contribution is 2.23. The number of aromatic carboxylic acids is 1. The van der Waals surface area contributed by atoms with E-state index in [4.69, 9.17) is 5.11 Å². The number of hydrogen-bond acceptors (Lipinski definition) is 3. The van der Waals surface area contributed by atoms with Gasteiger partial charge in [0, 0.05) is 23.0 Å². The van der Waals surface area contributed by atoms with Gasteiger partial charge in [-0.3, -0.25) is 0 Å². The zero-order chi connectivity index (χ0) is 14.8. The topological polar surface area (TPSA) is 54.6 Å². The summed E-state index contributed by atoms with van der Waals surface area (Å²) in [7, 11) is 0. The summed E-state index contributed by atoms with van der Waals surface area (Å²) in [5.41, 5.74) is 3.45. The predicted molar refractivity (Wildman–Crippen MR) is 82.9 cm³/mol. The lowest BCUT2D eigenvalue weighted by Gasteiger charge is -2.00. The second-order valence-electron chi connectivity index (χ2n) is 4.77. The number of aryl methyl sites for hydroxylation is 1. The van der Waals surface area contributed by atoms with Gasteiger partial charge >= 0.3 is 5.97 Å². The number of benzene rings is 1. The van der Waals surface area contributed by atoms with E-state index in [1.165, 1.54) is 0 Å². The van der Waals surface area contributed by atoms with Gasteiger partial charge in [-0.25, -0.2) is 9.78 Å². The van der Waals surface area contributed by atoms with Crippen LogP contribution in [0.15, 0.2) is 53.7 Å². The first-order chi connectivity index (χ1) is 10.1. The first-order valence-electron chi connectivity index (χ1n) is 6.53. The highest BCUT2D eigenvalue weighted by Gasteiger charge is 2.05. The number of carboxylic acid groups (broad SMARTS) is 1. The molecule has 0 fully saturated rings. The van der Waals surface area contributed by atoms with Crippen LogP contribution in [0.2, 0.25) is 0 Å². The molecule has 0 unspecified atom stereocenters. The average Bonchev–Trinajstić information content (AvgIpc) is 2.90. The minimum absolute atomic E-state index is 0.308. The number of carbonyl (C=O) groups is 1. The monoisotopic (exact) mass is 298 g/mol. The summed E-state index contributed by atoms with van der Waals surface area (Å²) in [6, 6.07) is 11.0. The van der Waals surface area contributed by atoms with E-state index >= 15 is 0 Å². The van der Waals surface area contributed by atoms with Gasteiger partial charge in [-0.1, -0.05) is 6.07 Å². The molecule has 3 rings (SSSR count). The van der Waals surface area contributed by atoms with Crippen molar-refractivity contribution < 1.29 is 9.90 Å². The average molecular weight is 298 g/mol. The maximum absolute atomic E-state index is 10.8. The molecule has 3 aromatic rings. The van der Waals surface area contributed by atoms with Crippen molar-refractivity contribution in [3.63, 3.8) is 0 Å². The van der Waals surface area contributed by atoms with Crippen molar-refractivity contribution >= 4 is 23.4 Å².